The third-order valence-corrected chi connectivity index (χ3v) is 7.26. The summed E-state index contributed by atoms with van der Waals surface area (Å²) in [6.07, 6.45) is 1.77. The lowest BCUT2D eigenvalue weighted by molar-refractivity contribution is 0.102. The van der Waals surface area contributed by atoms with Crippen LogP contribution < -0.4 is 10.2 Å². The molecule has 36 heavy (non-hydrogen) atoms. The Labute approximate surface area is 210 Å². The minimum atomic E-state index is -0.0636. The number of nitrogens with zero attached hydrogens (tertiary/aromatic N) is 5. The maximum atomic E-state index is 13.0. The van der Waals surface area contributed by atoms with E-state index in [4.69, 9.17) is 0 Å². The first-order valence-corrected chi connectivity index (χ1v) is 12.1. The SMILES string of the molecule is Cn1nccc1-c1ccc(N2CCN(C3c4ccccc4NC(=O)c4ccccc43)CC2)c(C#N)c1. The Morgan fingerprint density at radius 1 is 0.944 bits per heavy atom. The third kappa shape index (κ3) is 3.72. The lowest BCUT2D eigenvalue weighted by Gasteiger charge is -2.41. The molecule has 4 aromatic rings. The van der Waals surface area contributed by atoms with Crippen LogP contribution in [0, 0.1) is 11.3 Å². The van der Waals surface area contributed by atoms with Gasteiger partial charge in [0.25, 0.3) is 5.91 Å². The second-order valence-electron chi connectivity index (χ2n) is 9.24. The Morgan fingerprint density at radius 3 is 2.44 bits per heavy atom. The van der Waals surface area contributed by atoms with E-state index in [-0.39, 0.29) is 11.9 Å². The molecule has 0 saturated carbocycles. The highest BCUT2D eigenvalue weighted by Crippen LogP contribution is 2.39. The summed E-state index contributed by atoms with van der Waals surface area (Å²) in [4.78, 5) is 17.7. The van der Waals surface area contributed by atoms with Gasteiger partial charge >= 0.3 is 0 Å². The van der Waals surface area contributed by atoms with Crippen LogP contribution in [-0.2, 0) is 7.05 Å². The van der Waals surface area contributed by atoms with Crippen molar-refractivity contribution in [2.75, 3.05) is 36.4 Å². The molecule has 1 unspecified atom stereocenters. The summed E-state index contributed by atoms with van der Waals surface area (Å²) in [7, 11) is 1.90. The Bertz CT molecular complexity index is 1490. The number of carbonyl (C=O) groups excluding carboxylic acids is 1. The van der Waals surface area contributed by atoms with E-state index in [1.54, 1.807) is 6.20 Å². The molecule has 0 aliphatic carbocycles. The number of carbonyl (C=O) groups is 1. The highest BCUT2D eigenvalue weighted by molar-refractivity contribution is 6.07. The molecule has 1 amide bonds. The maximum Gasteiger partial charge on any atom is 0.256 e. The molecular formula is C29H26N6O. The van der Waals surface area contributed by atoms with Crippen molar-refractivity contribution in [1.29, 1.82) is 5.26 Å². The average molecular weight is 475 g/mol. The summed E-state index contributed by atoms with van der Waals surface area (Å²) in [5, 5.41) is 17.3. The summed E-state index contributed by atoms with van der Waals surface area (Å²) >= 11 is 0. The molecular weight excluding hydrogens is 448 g/mol. The van der Waals surface area contributed by atoms with Crippen LogP contribution >= 0.6 is 0 Å². The predicted octanol–water partition coefficient (Wildman–Crippen LogP) is 4.44. The summed E-state index contributed by atoms with van der Waals surface area (Å²) in [5.74, 6) is -0.0636. The van der Waals surface area contributed by atoms with Gasteiger partial charge in [0.15, 0.2) is 0 Å². The predicted molar refractivity (Wildman–Crippen MR) is 140 cm³/mol. The Balaban J connectivity index is 1.29. The number of aromatic nitrogens is 2. The van der Waals surface area contributed by atoms with Crippen molar-refractivity contribution in [1.82, 2.24) is 14.7 Å². The number of nitrogens with one attached hydrogen (secondary N) is 1. The molecule has 0 bridgehead atoms. The molecule has 1 saturated heterocycles. The minimum absolute atomic E-state index is 0.0128. The van der Waals surface area contributed by atoms with Crippen LogP contribution in [0.1, 0.15) is 33.1 Å². The van der Waals surface area contributed by atoms with Crippen LogP contribution in [0.2, 0.25) is 0 Å². The lowest BCUT2D eigenvalue weighted by atomic mass is 9.93. The smallest absolute Gasteiger partial charge is 0.256 e. The van der Waals surface area contributed by atoms with Crippen LogP contribution in [0.5, 0.6) is 0 Å². The van der Waals surface area contributed by atoms with Crippen molar-refractivity contribution in [3.8, 4) is 17.3 Å². The first-order chi connectivity index (χ1) is 17.6. The van der Waals surface area contributed by atoms with Crippen molar-refractivity contribution >= 4 is 17.3 Å². The fourth-order valence-electron chi connectivity index (χ4n) is 5.48. The molecule has 0 spiro atoms. The summed E-state index contributed by atoms with van der Waals surface area (Å²) < 4.78 is 1.82. The maximum absolute atomic E-state index is 13.0. The van der Waals surface area contributed by atoms with Crippen molar-refractivity contribution < 1.29 is 4.79 Å². The van der Waals surface area contributed by atoms with Gasteiger partial charge in [-0.25, -0.2) is 0 Å². The third-order valence-electron chi connectivity index (χ3n) is 7.26. The Kier molecular flexibility index (Phi) is 5.51. The van der Waals surface area contributed by atoms with Crippen molar-refractivity contribution in [3.05, 3.63) is 101 Å². The zero-order valence-electron chi connectivity index (χ0n) is 20.1. The van der Waals surface area contributed by atoms with E-state index >= 15 is 0 Å². The van der Waals surface area contributed by atoms with E-state index in [1.165, 1.54) is 0 Å². The van der Waals surface area contributed by atoms with E-state index < -0.39 is 0 Å². The van der Waals surface area contributed by atoms with E-state index in [2.05, 4.69) is 50.5 Å². The van der Waals surface area contributed by atoms with E-state index in [0.717, 1.165) is 65.5 Å². The number of nitriles is 1. The fraction of sp³-hybridized carbons (Fsp3) is 0.207. The summed E-state index contributed by atoms with van der Waals surface area (Å²) in [6.45, 7) is 3.22. The zero-order chi connectivity index (χ0) is 24.6. The minimum Gasteiger partial charge on any atom is -0.368 e. The number of hydrogen-bond acceptors (Lipinski definition) is 5. The van der Waals surface area contributed by atoms with E-state index in [9.17, 15) is 10.1 Å². The van der Waals surface area contributed by atoms with Crippen LogP contribution in [0.4, 0.5) is 11.4 Å². The molecule has 1 N–H and O–H groups in total. The second-order valence-corrected chi connectivity index (χ2v) is 9.24. The van der Waals surface area contributed by atoms with Crippen molar-refractivity contribution in [3.63, 3.8) is 0 Å². The van der Waals surface area contributed by atoms with Crippen molar-refractivity contribution in [2.24, 2.45) is 7.05 Å². The first-order valence-electron chi connectivity index (χ1n) is 12.1. The van der Waals surface area contributed by atoms with Crippen LogP contribution in [0.15, 0.2) is 79.0 Å². The number of anilines is 2. The molecule has 1 fully saturated rings. The highest BCUT2D eigenvalue weighted by Gasteiger charge is 2.33. The molecule has 7 nitrogen and oxygen atoms in total. The topological polar surface area (TPSA) is 77.2 Å². The lowest BCUT2D eigenvalue weighted by Crippen LogP contribution is -2.48. The van der Waals surface area contributed by atoms with Gasteiger partial charge < -0.3 is 10.2 Å². The number of piperazine rings is 1. The number of benzene rings is 3. The molecule has 2 aliphatic rings. The number of fused-ring (bicyclic) bond motifs is 2. The molecule has 178 valence electrons. The van der Waals surface area contributed by atoms with E-state index in [1.807, 2.05) is 60.3 Å². The first kappa shape index (κ1) is 22.1. The van der Waals surface area contributed by atoms with Crippen LogP contribution in [-0.4, -0.2) is 46.8 Å². The Morgan fingerprint density at radius 2 is 1.69 bits per heavy atom. The standard InChI is InChI=1S/C29H26N6O/c1-33-26(12-13-31-33)20-10-11-27(21(18-20)19-30)34-14-16-35(17-15-34)28-22-6-2-3-7-23(22)29(36)32-25-9-5-4-8-24(25)28/h2-13,18,28H,14-17H2,1H3,(H,32,36). The zero-order valence-corrected chi connectivity index (χ0v) is 20.1. The number of hydrogen-bond donors (Lipinski definition) is 1. The largest absolute Gasteiger partial charge is 0.368 e. The van der Waals surface area contributed by atoms with Crippen LogP contribution in [0.3, 0.4) is 0 Å². The van der Waals surface area contributed by atoms with Gasteiger partial charge in [-0.1, -0.05) is 42.5 Å². The van der Waals surface area contributed by atoms with Gasteiger partial charge in [0, 0.05) is 56.2 Å². The van der Waals surface area contributed by atoms with Gasteiger partial charge in [0.05, 0.1) is 23.0 Å². The summed E-state index contributed by atoms with van der Waals surface area (Å²) in [6, 6.07) is 26.4. The number of amides is 1. The number of para-hydroxylation sites is 1. The van der Waals surface area contributed by atoms with Crippen LogP contribution in [0.25, 0.3) is 11.3 Å². The van der Waals surface area contributed by atoms with Gasteiger partial charge in [-0.15, -0.1) is 0 Å². The number of rotatable bonds is 3. The monoisotopic (exact) mass is 474 g/mol. The molecule has 0 radical (unpaired) electrons. The quantitative estimate of drug-likeness (QED) is 0.475. The average Bonchev–Trinajstić information content (AvgIpc) is 3.30. The molecule has 2 aliphatic heterocycles. The normalized spacial score (nSPS) is 17.5. The molecule has 7 heteroatoms. The van der Waals surface area contributed by atoms with Crippen molar-refractivity contribution in [2.45, 2.75) is 6.04 Å². The van der Waals surface area contributed by atoms with Gasteiger partial charge in [-0.05, 0) is 41.5 Å². The van der Waals surface area contributed by atoms with E-state index in [0.29, 0.717) is 5.56 Å². The van der Waals surface area contributed by atoms with Gasteiger partial charge in [0.2, 0.25) is 0 Å². The van der Waals surface area contributed by atoms with Gasteiger partial charge in [0.1, 0.15) is 6.07 Å². The summed E-state index contributed by atoms with van der Waals surface area (Å²) in [5.41, 5.74) is 7.33. The Hall–Kier alpha value is -4.41. The molecule has 1 atom stereocenters. The van der Waals surface area contributed by atoms with Gasteiger partial charge in [-0.2, -0.15) is 10.4 Å². The number of aryl methyl sites for hydroxylation is 1. The molecule has 6 rings (SSSR count). The van der Waals surface area contributed by atoms with Gasteiger partial charge in [-0.3, -0.25) is 14.4 Å². The fourth-order valence-corrected chi connectivity index (χ4v) is 5.48. The second kappa shape index (κ2) is 8.99. The molecule has 1 aromatic heterocycles. The molecule has 3 aromatic carbocycles. The highest BCUT2D eigenvalue weighted by atomic mass is 16.1. The molecule has 3 heterocycles.